The van der Waals surface area contributed by atoms with Gasteiger partial charge in [0.2, 0.25) is 0 Å². The summed E-state index contributed by atoms with van der Waals surface area (Å²) in [5.41, 5.74) is 2.19. The van der Waals surface area contributed by atoms with Crippen LogP contribution in [-0.2, 0) is 4.57 Å². The first-order chi connectivity index (χ1) is 10.6. The molecule has 0 saturated heterocycles. The van der Waals surface area contributed by atoms with Gasteiger partial charge in [0.15, 0.2) is 7.14 Å². The van der Waals surface area contributed by atoms with Crippen molar-refractivity contribution in [2.24, 2.45) is 5.92 Å². The Morgan fingerprint density at radius 1 is 1.14 bits per heavy atom. The molecule has 22 heavy (non-hydrogen) atoms. The quantitative estimate of drug-likeness (QED) is 0.715. The van der Waals surface area contributed by atoms with Gasteiger partial charge in [0, 0.05) is 6.16 Å². The van der Waals surface area contributed by atoms with E-state index in [1.54, 1.807) is 0 Å². The molecule has 2 atom stereocenters. The highest BCUT2D eigenvalue weighted by molar-refractivity contribution is 7.72. The summed E-state index contributed by atoms with van der Waals surface area (Å²) in [5, 5.41) is 0.962. The van der Waals surface area contributed by atoms with Gasteiger partial charge >= 0.3 is 0 Å². The van der Waals surface area contributed by atoms with Crippen LogP contribution in [0.5, 0.6) is 5.75 Å². The van der Waals surface area contributed by atoms with Gasteiger partial charge in [-0.25, -0.2) is 0 Å². The van der Waals surface area contributed by atoms with Crippen LogP contribution in [0.3, 0.4) is 0 Å². The third kappa shape index (κ3) is 2.85. The summed E-state index contributed by atoms with van der Waals surface area (Å²) in [6.07, 6.45) is 3.36. The van der Waals surface area contributed by atoms with Crippen molar-refractivity contribution in [1.29, 1.82) is 0 Å². The van der Waals surface area contributed by atoms with Gasteiger partial charge in [-0.1, -0.05) is 69.2 Å². The van der Waals surface area contributed by atoms with E-state index >= 15 is 0 Å². The van der Waals surface area contributed by atoms with Crippen LogP contribution < -0.4 is 10.0 Å². The fraction of sp³-hybridized carbons (Fsp3) is 0.368. The first-order valence-corrected chi connectivity index (χ1v) is 10.1. The van der Waals surface area contributed by atoms with Gasteiger partial charge in [-0.15, -0.1) is 0 Å². The molecular weight excluding hydrogens is 291 g/mol. The maximum Gasteiger partial charge on any atom is 0.155 e. The molecule has 0 aliphatic carbocycles. The van der Waals surface area contributed by atoms with Crippen molar-refractivity contribution in [2.75, 3.05) is 12.5 Å². The second-order valence-corrected chi connectivity index (χ2v) is 9.11. The second kappa shape index (κ2) is 6.30. The maximum absolute atomic E-state index is 13.6. The van der Waals surface area contributed by atoms with Gasteiger partial charge in [0.25, 0.3) is 0 Å². The summed E-state index contributed by atoms with van der Waals surface area (Å²) in [7, 11) is -2.47. The first kappa shape index (κ1) is 15.4. The normalized spacial score (nSPS) is 21.2. The zero-order chi connectivity index (χ0) is 15.6. The van der Waals surface area contributed by atoms with Crippen LogP contribution >= 0.6 is 7.14 Å². The largest absolute Gasteiger partial charge is 0.485 e. The second-order valence-electron chi connectivity index (χ2n) is 6.26. The number of ether oxygens (including phenoxy) is 1. The van der Waals surface area contributed by atoms with Crippen LogP contribution in [0.4, 0.5) is 0 Å². The van der Waals surface area contributed by atoms with Crippen molar-refractivity contribution in [3.8, 4) is 16.9 Å². The topological polar surface area (TPSA) is 26.3 Å². The Labute approximate surface area is 132 Å². The summed E-state index contributed by atoms with van der Waals surface area (Å²) < 4.78 is 19.4. The highest BCUT2D eigenvalue weighted by Gasteiger charge is 2.38. The lowest BCUT2D eigenvalue weighted by atomic mass is 10.1. The predicted octanol–water partition coefficient (Wildman–Crippen LogP) is 5.13. The van der Waals surface area contributed by atoms with Gasteiger partial charge < -0.3 is 9.30 Å². The molecule has 0 bridgehead atoms. The molecule has 0 aromatic heterocycles. The molecule has 1 aliphatic rings. The van der Waals surface area contributed by atoms with Crippen LogP contribution in [0.15, 0.2) is 48.5 Å². The minimum atomic E-state index is -2.47. The molecule has 3 heteroatoms. The van der Waals surface area contributed by atoms with Gasteiger partial charge in [0.05, 0.1) is 5.30 Å². The number of fused-ring (bicyclic) bond motifs is 1. The number of hydrogen-bond donors (Lipinski definition) is 0. The minimum absolute atomic E-state index is 0.361. The monoisotopic (exact) mass is 314 g/mol. The molecule has 3 rings (SSSR count). The molecule has 1 aliphatic heterocycles. The van der Waals surface area contributed by atoms with E-state index in [1.165, 1.54) is 0 Å². The summed E-state index contributed by atoms with van der Waals surface area (Å²) >= 11 is 0. The average molecular weight is 314 g/mol. The van der Waals surface area contributed by atoms with Crippen LogP contribution in [0.1, 0.15) is 26.7 Å². The van der Waals surface area contributed by atoms with E-state index in [9.17, 15) is 4.57 Å². The molecule has 2 aromatic rings. The SMILES string of the molecule is CCCC(C)C[P@@]1(=O)COc2cccc(-c3ccccc3)c21. The smallest absolute Gasteiger partial charge is 0.155 e. The minimum Gasteiger partial charge on any atom is -0.485 e. The molecule has 0 radical (unpaired) electrons. The molecule has 2 aromatic carbocycles. The molecular formula is C19H23O2P. The Hall–Kier alpha value is -1.53. The van der Waals surface area contributed by atoms with Gasteiger partial charge in [-0.05, 0) is 23.1 Å². The maximum atomic E-state index is 13.6. The molecule has 1 unspecified atom stereocenters. The summed E-state index contributed by atoms with van der Waals surface area (Å²) in [5.74, 6) is 1.28. The Bertz CT molecular complexity index is 694. The Balaban J connectivity index is 2.04. The van der Waals surface area contributed by atoms with E-state index in [0.29, 0.717) is 12.3 Å². The van der Waals surface area contributed by atoms with E-state index in [2.05, 4.69) is 32.0 Å². The third-order valence-electron chi connectivity index (χ3n) is 4.31. The van der Waals surface area contributed by atoms with Crippen LogP contribution in [0.2, 0.25) is 0 Å². The molecule has 0 fully saturated rings. The Morgan fingerprint density at radius 2 is 1.91 bits per heavy atom. The van der Waals surface area contributed by atoms with E-state index in [-0.39, 0.29) is 0 Å². The molecule has 0 amide bonds. The Kier molecular flexibility index (Phi) is 4.40. The number of hydrogen-bond acceptors (Lipinski definition) is 2. The van der Waals surface area contributed by atoms with Gasteiger partial charge in [-0.3, -0.25) is 0 Å². The number of benzene rings is 2. The van der Waals surface area contributed by atoms with Gasteiger partial charge in [-0.2, -0.15) is 0 Å². The lowest BCUT2D eigenvalue weighted by molar-refractivity contribution is 0.392. The Morgan fingerprint density at radius 3 is 2.64 bits per heavy atom. The van der Waals surface area contributed by atoms with Crippen molar-refractivity contribution < 1.29 is 9.30 Å². The average Bonchev–Trinajstić information content (AvgIpc) is 2.86. The van der Waals surface area contributed by atoms with Crippen molar-refractivity contribution >= 4 is 12.4 Å². The van der Waals surface area contributed by atoms with E-state index < -0.39 is 7.14 Å². The van der Waals surface area contributed by atoms with Crippen molar-refractivity contribution in [1.82, 2.24) is 0 Å². The van der Waals surface area contributed by atoms with Crippen molar-refractivity contribution in [3.63, 3.8) is 0 Å². The van der Waals surface area contributed by atoms with Crippen LogP contribution in [0.25, 0.3) is 11.1 Å². The van der Waals surface area contributed by atoms with Crippen LogP contribution in [-0.4, -0.2) is 12.5 Å². The molecule has 0 N–H and O–H groups in total. The third-order valence-corrected chi connectivity index (χ3v) is 7.34. The summed E-state index contributed by atoms with van der Waals surface area (Å²) in [6.45, 7) is 4.38. The molecule has 1 heterocycles. The molecule has 2 nitrogen and oxygen atoms in total. The molecule has 116 valence electrons. The highest BCUT2D eigenvalue weighted by Crippen LogP contribution is 2.55. The first-order valence-electron chi connectivity index (χ1n) is 8.04. The van der Waals surface area contributed by atoms with E-state index in [4.69, 9.17) is 4.74 Å². The lowest BCUT2D eigenvalue weighted by Gasteiger charge is -2.18. The van der Waals surface area contributed by atoms with Crippen LogP contribution in [0, 0.1) is 5.92 Å². The summed E-state index contributed by atoms with van der Waals surface area (Å²) in [6, 6.07) is 16.2. The predicted molar refractivity (Wildman–Crippen MR) is 93.6 cm³/mol. The summed E-state index contributed by atoms with van der Waals surface area (Å²) in [4.78, 5) is 0. The van der Waals surface area contributed by atoms with Crippen molar-refractivity contribution in [2.45, 2.75) is 26.7 Å². The van der Waals surface area contributed by atoms with E-state index in [0.717, 1.165) is 41.2 Å². The highest BCUT2D eigenvalue weighted by atomic mass is 31.2. The standard InChI is InChI=1S/C19H23O2P/c1-3-8-15(2)13-22(20)14-21-18-12-7-11-17(19(18)22)16-9-5-4-6-10-16/h4-7,9-12,15H,3,8,13-14H2,1-2H3/t15?,22-/m1/s1. The number of rotatable bonds is 5. The van der Waals surface area contributed by atoms with Gasteiger partial charge in [0.1, 0.15) is 12.1 Å². The zero-order valence-corrected chi connectivity index (χ0v) is 14.2. The lowest BCUT2D eigenvalue weighted by Crippen LogP contribution is -2.12. The van der Waals surface area contributed by atoms with Crippen molar-refractivity contribution in [3.05, 3.63) is 48.5 Å². The molecule has 0 saturated carbocycles. The molecule has 0 spiro atoms. The fourth-order valence-corrected chi connectivity index (χ4v) is 6.52. The van der Waals surface area contributed by atoms with E-state index in [1.807, 2.05) is 30.3 Å². The zero-order valence-electron chi connectivity index (χ0n) is 13.3. The fourth-order valence-electron chi connectivity index (χ4n) is 3.38.